The highest BCUT2D eigenvalue weighted by molar-refractivity contribution is 8.14. The molecule has 0 saturated heterocycles. The molecule has 7 nitrogen and oxygen atoms in total. The van der Waals surface area contributed by atoms with Gasteiger partial charge in [0.2, 0.25) is 5.12 Å². The van der Waals surface area contributed by atoms with Gasteiger partial charge in [-0.15, -0.1) is 0 Å². The predicted molar refractivity (Wildman–Crippen MR) is 119 cm³/mol. The highest BCUT2D eigenvalue weighted by Gasteiger charge is 2.25. The molecule has 166 valence electrons. The number of ether oxygens (including phenoxy) is 2. The topological polar surface area (TPSA) is 102 Å². The molecule has 0 aliphatic rings. The Bertz CT molecular complexity index is 893. The third-order valence-electron chi connectivity index (χ3n) is 3.97. The molecule has 0 aromatic heterocycles. The highest BCUT2D eigenvalue weighted by Crippen LogP contribution is 2.37. The third-order valence-corrected chi connectivity index (χ3v) is 5.33. The number of amides is 1. The van der Waals surface area contributed by atoms with Crippen LogP contribution in [0.15, 0.2) is 54.6 Å². The van der Waals surface area contributed by atoms with Crippen LogP contribution in [0.25, 0.3) is 0 Å². The molecule has 1 amide bonds. The van der Waals surface area contributed by atoms with E-state index in [0.29, 0.717) is 5.75 Å². The van der Waals surface area contributed by atoms with Crippen molar-refractivity contribution in [3.8, 4) is 5.75 Å². The number of hydrogen-bond donors (Lipinski definition) is 2. The molecule has 8 heteroatoms. The van der Waals surface area contributed by atoms with Gasteiger partial charge in [-0.1, -0.05) is 54.2 Å². The van der Waals surface area contributed by atoms with Gasteiger partial charge in [0.1, 0.15) is 11.4 Å². The first-order valence-electron chi connectivity index (χ1n) is 9.74. The summed E-state index contributed by atoms with van der Waals surface area (Å²) in [4.78, 5) is 35.5. The van der Waals surface area contributed by atoms with Crippen molar-refractivity contribution in [1.82, 2.24) is 5.32 Å². The first-order valence-corrected chi connectivity index (χ1v) is 10.6. The van der Waals surface area contributed by atoms with E-state index in [1.807, 2.05) is 30.3 Å². The number of thioether (sulfide) groups is 1. The smallest absolute Gasteiger partial charge is 0.408 e. The van der Waals surface area contributed by atoms with Crippen LogP contribution >= 0.6 is 11.8 Å². The van der Waals surface area contributed by atoms with E-state index in [1.165, 1.54) is 0 Å². The monoisotopic (exact) mass is 445 g/mol. The maximum Gasteiger partial charge on any atom is 0.408 e. The quantitative estimate of drug-likeness (QED) is 0.620. The van der Waals surface area contributed by atoms with Gasteiger partial charge >= 0.3 is 12.1 Å². The molecule has 31 heavy (non-hydrogen) atoms. The fourth-order valence-corrected chi connectivity index (χ4v) is 3.68. The number of benzene rings is 2. The molecule has 2 aromatic rings. The van der Waals surface area contributed by atoms with Gasteiger partial charge in [0, 0.05) is 0 Å². The molecule has 2 N–H and O–H groups in total. The molecule has 2 rings (SSSR count). The van der Waals surface area contributed by atoms with Crippen LogP contribution in [-0.4, -0.2) is 40.5 Å². The molecule has 0 aliphatic carbocycles. The number of hydrogen-bond acceptors (Lipinski definition) is 6. The zero-order valence-electron chi connectivity index (χ0n) is 18.0. The van der Waals surface area contributed by atoms with Crippen LogP contribution in [0.4, 0.5) is 4.79 Å². The zero-order valence-corrected chi connectivity index (χ0v) is 18.8. The molecular formula is C23H27NO6S. The lowest BCUT2D eigenvalue weighted by molar-refractivity contribution is -0.139. The fraction of sp³-hybridized carbons (Fsp3) is 0.348. The Balaban J connectivity index is 2.15. The first-order chi connectivity index (χ1) is 14.5. The van der Waals surface area contributed by atoms with E-state index in [4.69, 9.17) is 14.6 Å². The summed E-state index contributed by atoms with van der Waals surface area (Å²) in [6.45, 7) is 6.45. The average Bonchev–Trinajstić information content (AvgIpc) is 2.70. The van der Waals surface area contributed by atoms with Crippen molar-refractivity contribution < 1.29 is 29.0 Å². The summed E-state index contributed by atoms with van der Waals surface area (Å²) in [6, 6.07) is 15.7. The Morgan fingerprint density at radius 2 is 1.58 bits per heavy atom. The Morgan fingerprint density at radius 3 is 2.13 bits per heavy atom. The van der Waals surface area contributed by atoms with Crippen LogP contribution in [0.2, 0.25) is 0 Å². The van der Waals surface area contributed by atoms with E-state index in [9.17, 15) is 14.4 Å². The van der Waals surface area contributed by atoms with E-state index >= 15 is 0 Å². The van der Waals surface area contributed by atoms with Gasteiger partial charge in [0.15, 0.2) is 6.61 Å². The van der Waals surface area contributed by atoms with E-state index in [1.54, 1.807) is 52.0 Å². The number of carboxylic acid groups (broad SMARTS) is 1. The van der Waals surface area contributed by atoms with Gasteiger partial charge in [0.25, 0.3) is 0 Å². The van der Waals surface area contributed by atoms with Gasteiger partial charge in [0.05, 0.1) is 11.3 Å². The third kappa shape index (κ3) is 8.33. The molecule has 2 atom stereocenters. The second kappa shape index (κ2) is 10.9. The summed E-state index contributed by atoms with van der Waals surface area (Å²) < 4.78 is 10.4. The highest BCUT2D eigenvalue weighted by atomic mass is 32.2. The molecule has 0 radical (unpaired) electrons. The molecule has 0 bridgehead atoms. The van der Waals surface area contributed by atoms with Gasteiger partial charge in [-0.2, -0.15) is 0 Å². The standard InChI is InChI=1S/C23H27NO6S/c1-15(24-22(28)30-23(2,3)4)21(27)31-20(16-8-6-5-7-9-16)17-10-12-18(13-11-17)29-14-19(25)26/h5-13,15,20H,14H2,1-4H3,(H,24,28)(H,25,26)/t15-,20?/m0/s1. The summed E-state index contributed by atoms with van der Waals surface area (Å²) in [5, 5.41) is 10.8. The molecule has 2 aromatic carbocycles. The van der Waals surface area contributed by atoms with Crippen LogP contribution in [0.5, 0.6) is 5.75 Å². The molecular weight excluding hydrogens is 418 g/mol. The summed E-state index contributed by atoms with van der Waals surface area (Å²) in [7, 11) is 0. The van der Waals surface area contributed by atoms with Crippen molar-refractivity contribution in [2.45, 2.75) is 44.6 Å². The Hall–Kier alpha value is -3.00. The van der Waals surface area contributed by atoms with Crippen LogP contribution in [-0.2, 0) is 14.3 Å². The van der Waals surface area contributed by atoms with Crippen molar-refractivity contribution in [1.29, 1.82) is 0 Å². The van der Waals surface area contributed by atoms with E-state index in [-0.39, 0.29) is 10.4 Å². The Morgan fingerprint density at radius 1 is 1.00 bits per heavy atom. The fourth-order valence-electron chi connectivity index (χ4n) is 2.60. The number of carbonyl (C=O) groups excluding carboxylic acids is 2. The number of alkyl carbamates (subject to hydrolysis) is 1. The number of nitrogens with one attached hydrogen (secondary N) is 1. The Kier molecular flexibility index (Phi) is 8.50. The lowest BCUT2D eigenvalue weighted by atomic mass is 10.0. The van der Waals surface area contributed by atoms with Crippen molar-refractivity contribution >= 4 is 28.9 Å². The predicted octanol–water partition coefficient (Wildman–Crippen LogP) is 4.41. The minimum atomic E-state index is -1.06. The summed E-state index contributed by atoms with van der Waals surface area (Å²) >= 11 is 1.10. The number of carboxylic acids is 1. The first kappa shape index (κ1) is 24.3. The molecule has 0 heterocycles. The maximum absolute atomic E-state index is 12.8. The number of rotatable bonds is 8. The minimum absolute atomic E-state index is 0.217. The summed E-state index contributed by atoms with van der Waals surface area (Å²) in [6.07, 6.45) is -0.648. The van der Waals surface area contributed by atoms with E-state index in [0.717, 1.165) is 22.9 Å². The molecule has 1 unspecified atom stereocenters. The van der Waals surface area contributed by atoms with E-state index < -0.39 is 30.3 Å². The second-order valence-corrected chi connectivity index (χ2v) is 8.96. The minimum Gasteiger partial charge on any atom is -0.482 e. The SMILES string of the molecule is C[C@H](NC(=O)OC(C)(C)C)C(=O)SC(c1ccccc1)c1ccc(OCC(=O)O)cc1. The lowest BCUT2D eigenvalue weighted by Gasteiger charge is -2.23. The van der Waals surface area contributed by atoms with Crippen molar-refractivity contribution in [3.63, 3.8) is 0 Å². The van der Waals surface area contributed by atoms with Gasteiger partial charge < -0.3 is 19.9 Å². The van der Waals surface area contributed by atoms with Crippen molar-refractivity contribution in [2.75, 3.05) is 6.61 Å². The molecule has 0 aliphatic heterocycles. The Labute approximate surface area is 186 Å². The van der Waals surface area contributed by atoms with Crippen molar-refractivity contribution in [2.24, 2.45) is 0 Å². The zero-order chi connectivity index (χ0) is 23.0. The van der Waals surface area contributed by atoms with Crippen molar-refractivity contribution in [3.05, 3.63) is 65.7 Å². The van der Waals surface area contributed by atoms with Gasteiger partial charge in [-0.25, -0.2) is 9.59 Å². The molecule has 0 fully saturated rings. The van der Waals surface area contributed by atoms with Gasteiger partial charge in [-0.3, -0.25) is 4.79 Å². The van der Waals surface area contributed by atoms with E-state index in [2.05, 4.69) is 5.32 Å². The summed E-state index contributed by atoms with van der Waals surface area (Å²) in [5.74, 6) is -0.631. The number of aliphatic carboxylic acids is 1. The van der Waals surface area contributed by atoms with Crippen LogP contribution in [0.3, 0.4) is 0 Å². The molecule has 0 saturated carbocycles. The lowest BCUT2D eigenvalue weighted by Crippen LogP contribution is -2.41. The van der Waals surface area contributed by atoms with Crippen LogP contribution in [0, 0.1) is 0 Å². The molecule has 0 spiro atoms. The van der Waals surface area contributed by atoms with Crippen LogP contribution < -0.4 is 10.1 Å². The van der Waals surface area contributed by atoms with Crippen LogP contribution in [0.1, 0.15) is 44.1 Å². The largest absolute Gasteiger partial charge is 0.482 e. The number of carbonyl (C=O) groups is 3. The maximum atomic E-state index is 12.8. The normalized spacial score (nSPS) is 13.0. The average molecular weight is 446 g/mol. The second-order valence-electron chi connectivity index (χ2n) is 7.85. The summed E-state index contributed by atoms with van der Waals surface area (Å²) in [5.41, 5.74) is 1.11. The van der Waals surface area contributed by atoms with Gasteiger partial charge in [-0.05, 0) is 51.0 Å².